The van der Waals surface area contributed by atoms with Crippen LogP contribution in [0.4, 0.5) is 0 Å². The summed E-state index contributed by atoms with van der Waals surface area (Å²) in [7, 11) is 0. The fraction of sp³-hybridized carbons (Fsp3) is 0.500. The van der Waals surface area contributed by atoms with E-state index in [0.29, 0.717) is 0 Å². The second kappa shape index (κ2) is 4.42. The van der Waals surface area contributed by atoms with Gasteiger partial charge in [-0.15, -0.1) is 0 Å². The van der Waals surface area contributed by atoms with Crippen LogP contribution in [0.1, 0.15) is 24.8 Å². The van der Waals surface area contributed by atoms with Gasteiger partial charge in [-0.25, -0.2) is 0 Å². The molecule has 1 aliphatic heterocycles. The molecule has 2 nitrogen and oxygen atoms in total. The van der Waals surface area contributed by atoms with Gasteiger partial charge in [0.05, 0.1) is 6.21 Å². The molecular formula is C10H14N2S. The summed E-state index contributed by atoms with van der Waals surface area (Å²) in [5.41, 5.74) is 1.22. The summed E-state index contributed by atoms with van der Waals surface area (Å²) in [5.74, 6) is 0. The molecule has 0 bridgehead atoms. The Balaban J connectivity index is 1.89. The summed E-state index contributed by atoms with van der Waals surface area (Å²) in [6, 6.07) is 2.10. The van der Waals surface area contributed by atoms with Crippen LogP contribution < -0.4 is 0 Å². The molecule has 13 heavy (non-hydrogen) atoms. The maximum absolute atomic E-state index is 4.44. The Kier molecular flexibility index (Phi) is 2.98. The van der Waals surface area contributed by atoms with Crippen molar-refractivity contribution in [2.75, 3.05) is 13.1 Å². The average molecular weight is 194 g/mol. The molecule has 1 aromatic rings. The van der Waals surface area contributed by atoms with E-state index in [1.807, 2.05) is 6.21 Å². The fourth-order valence-electron chi connectivity index (χ4n) is 1.49. The highest BCUT2D eigenvalue weighted by Gasteiger charge is 2.05. The van der Waals surface area contributed by atoms with E-state index in [-0.39, 0.29) is 0 Å². The van der Waals surface area contributed by atoms with Crippen molar-refractivity contribution in [1.82, 2.24) is 5.01 Å². The van der Waals surface area contributed by atoms with Gasteiger partial charge < -0.3 is 0 Å². The summed E-state index contributed by atoms with van der Waals surface area (Å²) in [6.45, 7) is 2.25. The highest BCUT2D eigenvalue weighted by molar-refractivity contribution is 7.08. The van der Waals surface area contributed by atoms with Crippen molar-refractivity contribution in [3.8, 4) is 0 Å². The lowest BCUT2D eigenvalue weighted by atomic mass is 10.2. The van der Waals surface area contributed by atoms with E-state index < -0.39 is 0 Å². The molecule has 1 saturated heterocycles. The topological polar surface area (TPSA) is 15.6 Å². The summed E-state index contributed by atoms with van der Waals surface area (Å²) >= 11 is 1.72. The monoisotopic (exact) mass is 194 g/mol. The minimum absolute atomic E-state index is 1.13. The molecule has 0 N–H and O–H groups in total. The van der Waals surface area contributed by atoms with Gasteiger partial charge in [0.15, 0.2) is 0 Å². The molecule has 0 radical (unpaired) electrons. The van der Waals surface area contributed by atoms with Crippen LogP contribution in [0.25, 0.3) is 0 Å². The van der Waals surface area contributed by atoms with Gasteiger partial charge in [0.25, 0.3) is 0 Å². The van der Waals surface area contributed by atoms with Gasteiger partial charge in [0.2, 0.25) is 0 Å². The van der Waals surface area contributed by atoms with Crippen molar-refractivity contribution in [1.29, 1.82) is 0 Å². The third-order valence-corrected chi connectivity index (χ3v) is 2.95. The predicted octanol–water partition coefficient (Wildman–Crippen LogP) is 2.57. The lowest BCUT2D eigenvalue weighted by Crippen LogP contribution is -2.24. The van der Waals surface area contributed by atoms with Crippen LogP contribution in [0, 0.1) is 0 Å². The van der Waals surface area contributed by atoms with Crippen molar-refractivity contribution in [2.45, 2.75) is 19.3 Å². The zero-order chi connectivity index (χ0) is 8.93. The van der Waals surface area contributed by atoms with Gasteiger partial charge in [-0.05, 0) is 36.1 Å². The SMILES string of the molecule is C(=N\N1CCCCC1)/c1ccsc1. The molecule has 70 valence electrons. The molecule has 0 spiro atoms. The first-order valence-corrected chi connectivity index (χ1v) is 5.70. The lowest BCUT2D eigenvalue weighted by molar-refractivity contribution is 0.240. The van der Waals surface area contributed by atoms with E-state index in [1.165, 1.54) is 24.8 Å². The molecule has 0 amide bonds. The first kappa shape index (κ1) is 8.75. The van der Waals surface area contributed by atoms with Gasteiger partial charge in [-0.1, -0.05) is 0 Å². The molecule has 3 heteroatoms. The number of hydrogen-bond donors (Lipinski definition) is 0. The lowest BCUT2D eigenvalue weighted by Gasteiger charge is -2.23. The summed E-state index contributed by atoms with van der Waals surface area (Å²) in [4.78, 5) is 0. The molecule has 1 fully saturated rings. The molecule has 1 aliphatic rings. The van der Waals surface area contributed by atoms with Crippen LogP contribution in [0.2, 0.25) is 0 Å². The van der Waals surface area contributed by atoms with Gasteiger partial charge in [0, 0.05) is 18.7 Å². The molecular weight excluding hydrogens is 180 g/mol. The van der Waals surface area contributed by atoms with Gasteiger partial charge in [-0.3, -0.25) is 5.01 Å². The first-order chi connectivity index (χ1) is 6.45. The molecule has 1 aromatic heterocycles. The van der Waals surface area contributed by atoms with Gasteiger partial charge in [0.1, 0.15) is 0 Å². The van der Waals surface area contributed by atoms with Gasteiger partial charge >= 0.3 is 0 Å². The second-order valence-corrected chi connectivity index (χ2v) is 4.10. The van der Waals surface area contributed by atoms with Gasteiger partial charge in [-0.2, -0.15) is 16.4 Å². The van der Waals surface area contributed by atoms with E-state index in [9.17, 15) is 0 Å². The van der Waals surface area contributed by atoms with Crippen LogP contribution in [0.5, 0.6) is 0 Å². The fourth-order valence-corrected chi connectivity index (χ4v) is 2.10. The highest BCUT2D eigenvalue weighted by Crippen LogP contribution is 2.09. The zero-order valence-electron chi connectivity index (χ0n) is 7.65. The Labute approximate surface area is 82.9 Å². The third kappa shape index (κ3) is 2.56. The molecule has 0 aromatic carbocycles. The highest BCUT2D eigenvalue weighted by atomic mass is 32.1. The van der Waals surface area contributed by atoms with E-state index in [2.05, 4.69) is 26.9 Å². The first-order valence-electron chi connectivity index (χ1n) is 4.76. The van der Waals surface area contributed by atoms with Crippen LogP contribution in [0.3, 0.4) is 0 Å². The summed E-state index contributed by atoms with van der Waals surface area (Å²) in [6.07, 6.45) is 5.91. The number of hydrogen-bond acceptors (Lipinski definition) is 3. The minimum Gasteiger partial charge on any atom is -0.297 e. The Bertz CT molecular complexity index is 260. The van der Waals surface area contributed by atoms with E-state index in [4.69, 9.17) is 0 Å². The van der Waals surface area contributed by atoms with Crippen LogP contribution in [-0.4, -0.2) is 24.3 Å². The number of hydrazone groups is 1. The Morgan fingerprint density at radius 1 is 1.31 bits per heavy atom. The van der Waals surface area contributed by atoms with Crippen molar-refractivity contribution < 1.29 is 0 Å². The number of nitrogens with zero attached hydrogens (tertiary/aromatic N) is 2. The Morgan fingerprint density at radius 2 is 2.15 bits per heavy atom. The third-order valence-electron chi connectivity index (χ3n) is 2.25. The molecule has 0 unspecified atom stereocenters. The molecule has 2 heterocycles. The van der Waals surface area contributed by atoms with Crippen LogP contribution >= 0.6 is 11.3 Å². The van der Waals surface area contributed by atoms with Crippen molar-refractivity contribution in [2.24, 2.45) is 5.10 Å². The quantitative estimate of drug-likeness (QED) is 0.661. The van der Waals surface area contributed by atoms with E-state index in [0.717, 1.165) is 13.1 Å². The average Bonchev–Trinajstić information content (AvgIpc) is 2.69. The molecule has 0 atom stereocenters. The Morgan fingerprint density at radius 3 is 2.85 bits per heavy atom. The molecule has 2 rings (SSSR count). The number of piperidine rings is 1. The van der Waals surface area contributed by atoms with Crippen LogP contribution in [0.15, 0.2) is 21.9 Å². The maximum atomic E-state index is 4.44. The van der Waals surface area contributed by atoms with E-state index in [1.54, 1.807) is 11.3 Å². The van der Waals surface area contributed by atoms with E-state index >= 15 is 0 Å². The smallest absolute Gasteiger partial charge is 0.0551 e. The molecule has 0 aliphatic carbocycles. The number of thiophene rings is 1. The summed E-state index contributed by atoms with van der Waals surface area (Å²) in [5, 5.41) is 10.8. The maximum Gasteiger partial charge on any atom is 0.0551 e. The van der Waals surface area contributed by atoms with Crippen LogP contribution in [-0.2, 0) is 0 Å². The van der Waals surface area contributed by atoms with Crippen molar-refractivity contribution >= 4 is 17.6 Å². The Hall–Kier alpha value is -0.830. The second-order valence-electron chi connectivity index (χ2n) is 3.32. The standard InChI is InChI=1S/C10H14N2S/c1-2-5-12(6-3-1)11-8-10-4-7-13-9-10/h4,7-9H,1-3,5-6H2/b11-8+. The molecule has 0 saturated carbocycles. The minimum atomic E-state index is 1.13. The summed E-state index contributed by atoms with van der Waals surface area (Å²) < 4.78 is 0. The van der Waals surface area contributed by atoms with Crippen molar-refractivity contribution in [3.63, 3.8) is 0 Å². The predicted molar refractivity (Wildman–Crippen MR) is 57.3 cm³/mol. The zero-order valence-corrected chi connectivity index (χ0v) is 8.46. The largest absolute Gasteiger partial charge is 0.297 e. The number of rotatable bonds is 2. The normalized spacial score (nSPS) is 18.3. The van der Waals surface area contributed by atoms with Crippen molar-refractivity contribution in [3.05, 3.63) is 22.4 Å².